The second-order valence-electron chi connectivity index (χ2n) is 12.0. The van der Waals surface area contributed by atoms with Gasteiger partial charge < -0.3 is 29.5 Å². The number of anilines is 3. The van der Waals surface area contributed by atoms with Gasteiger partial charge in [-0.05, 0) is 72.9 Å². The third-order valence-electron chi connectivity index (χ3n) is 8.44. The van der Waals surface area contributed by atoms with E-state index in [2.05, 4.69) is 26.2 Å². The summed E-state index contributed by atoms with van der Waals surface area (Å²) in [6.45, 7) is 5.35. The number of likely N-dealkylation sites (tertiary alicyclic amines) is 1. The zero-order valence-electron chi connectivity index (χ0n) is 28.3. The van der Waals surface area contributed by atoms with Crippen molar-refractivity contribution in [1.29, 1.82) is 0 Å². The Morgan fingerprint density at radius 2 is 1.43 bits per heavy atom. The second-order valence-corrected chi connectivity index (χ2v) is 12.0. The van der Waals surface area contributed by atoms with E-state index in [4.69, 9.17) is 34.1 Å². The first kappa shape index (κ1) is 33.6. The number of aliphatic hydroxyl groups excluding tert-OH is 1. The van der Waals surface area contributed by atoms with Crippen LogP contribution in [0.4, 0.5) is 17.5 Å². The number of methoxy groups -OCH3 is 3. The molecule has 0 aliphatic carbocycles. The molecule has 0 spiro atoms. The molecule has 0 unspecified atom stereocenters. The van der Waals surface area contributed by atoms with Crippen LogP contribution in [0.5, 0.6) is 17.4 Å². The molecule has 0 radical (unpaired) electrons. The number of hydrogen-bond donors (Lipinski definition) is 2. The van der Waals surface area contributed by atoms with Crippen molar-refractivity contribution in [3.05, 3.63) is 102 Å². The molecule has 6 rings (SSSR count). The number of ether oxygens (including phenoxy) is 3. The van der Waals surface area contributed by atoms with E-state index >= 15 is 0 Å². The number of hydrogen-bond acceptors (Lipinski definition) is 12. The Bertz CT molecular complexity index is 1760. The maximum atomic E-state index is 10.0. The van der Waals surface area contributed by atoms with E-state index in [1.807, 2.05) is 67.7 Å². The molecule has 1 aliphatic heterocycles. The summed E-state index contributed by atoms with van der Waals surface area (Å²) in [6.07, 6.45) is 4.87. The van der Waals surface area contributed by atoms with Gasteiger partial charge in [-0.25, -0.2) is 15.0 Å². The summed E-state index contributed by atoms with van der Waals surface area (Å²) in [4.78, 5) is 28.4. The third kappa shape index (κ3) is 8.78. The molecule has 12 nitrogen and oxygen atoms in total. The first-order valence-corrected chi connectivity index (χ1v) is 16.3. The monoisotopic (exact) mass is 662 g/mol. The van der Waals surface area contributed by atoms with E-state index in [9.17, 15) is 5.11 Å². The summed E-state index contributed by atoms with van der Waals surface area (Å²) in [5, 5.41) is 13.4. The van der Waals surface area contributed by atoms with E-state index in [1.165, 1.54) is 0 Å². The van der Waals surface area contributed by atoms with Crippen molar-refractivity contribution in [2.24, 2.45) is 0 Å². The van der Waals surface area contributed by atoms with Gasteiger partial charge in [-0.1, -0.05) is 24.3 Å². The van der Waals surface area contributed by atoms with Crippen LogP contribution in [0.3, 0.4) is 0 Å². The van der Waals surface area contributed by atoms with Crippen molar-refractivity contribution in [3.63, 3.8) is 0 Å². The van der Waals surface area contributed by atoms with Gasteiger partial charge in [0.25, 0.3) is 0 Å². The standard InChI is InChI=1S/C37H42N8O4/c1-25-40-36(43-37(41-25)45(23-26-5-10-31(47-2)11-6-26)24-27-7-12-32(48-3)13-8-27)33-19-28(22-44-17-15-30(46)16-18-44)20-39-35(33)42-29-9-14-34(49-4)38-21-29/h5-14,19-21,30,46H,15-18,22-24H2,1-4H3,(H,39,42). The Hall–Kier alpha value is -5.33. The largest absolute Gasteiger partial charge is 0.497 e. The lowest BCUT2D eigenvalue weighted by molar-refractivity contribution is 0.0792. The smallest absolute Gasteiger partial charge is 0.229 e. The summed E-state index contributed by atoms with van der Waals surface area (Å²) in [5.74, 6) is 4.34. The van der Waals surface area contributed by atoms with Crippen LogP contribution in [0, 0.1) is 6.92 Å². The molecule has 4 heterocycles. The Kier molecular flexibility index (Phi) is 10.8. The van der Waals surface area contributed by atoms with Crippen LogP contribution in [-0.2, 0) is 19.6 Å². The maximum Gasteiger partial charge on any atom is 0.229 e. The molecule has 5 aromatic rings. The van der Waals surface area contributed by atoms with E-state index in [1.54, 1.807) is 33.6 Å². The van der Waals surface area contributed by atoms with Gasteiger partial charge in [0, 0.05) is 45.0 Å². The van der Waals surface area contributed by atoms with Crippen molar-refractivity contribution < 1.29 is 19.3 Å². The predicted octanol–water partition coefficient (Wildman–Crippen LogP) is 5.57. The van der Waals surface area contributed by atoms with Gasteiger partial charge in [0.05, 0.1) is 44.9 Å². The van der Waals surface area contributed by atoms with Crippen molar-refractivity contribution in [3.8, 4) is 28.8 Å². The Labute approximate surface area is 286 Å². The molecule has 2 N–H and O–H groups in total. The summed E-state index contributed by atoms with van der Waals surface area (Å²) < 4.78 is 16.0. The molecule has 0 saturated carbocycles. The summed E-state index contributed by atoms with van der Waals surface area (Å²) in [5.41, 5.74) is 4.68. The van der Waals surface area contributed by atoms with Crippen LogP contribution in [0.25, 0.3) is 11.4 Å². The van der Waals surface area contributed by atoms with Crippen LogP contribution < -0.4 is 24.4 Å². The molecule has 12 heteroatoms. The van der Waals surface area contributed by atoms with Gasteiger partial charge in [-0.2, -0.15) is 9.97 Å². The topological polar surface area (TPSA) is 131 Å². The molecule has 254 valence electrons. The highest BCUT2D eigenvalue weighted by atomic mass is 16.5. The summed E-state index contributed by atoms with van der Waals surface area (Å²) in [6, 6.07) is 21.8. The molecule has 3 aromatic heterocycles. The van der Waals surface area contributed by atoms with Crippen LogP contribution in [0.2, 0.25) is 0 Å². The fraction of sp³-hybridized carbons (Fsp3) is 0.324. The molecule has 0 amide bonds. The number of rotatable bonds is 13. The highest BCUT2D eigenvalue weighted by Gasteiger charge is 2.21. The Balaban J connectivity index is 1.38. The quantitative estimate of drug-likeness (QED) is 0.163. The Morgan fingerprint density at radius 3 is 2.00 bits per heavy atom. The first-order chi connectivity index (χ1) is 23.9. The summed E-state index contributed by atoms with van der Waals surface area (Å²) in [7, 11) is 4.91. The molecular weight excluding hydrogens is 620 g/mol. The lowest BCUT2D eigenvalue weighted by atomic mass is 10.1. The molecule has 2 aromatic carbocycles. The van der Waals surface area contributed by atoms with Crippen LogP contribution >= 0.6 is 0 Å². The molecule has 1 fully saturated rings. The van der Waals surface area contributed by atoms with E-state index in [0.29, 0.717) is 48.9 Å². The molecule has 0 bridgehead atoms. The lowest BCUT2D eigenvalue weighted by Gasteiger charge is -2.29. The van der Waals surface area contributed by atoms with E-state index in [-0.39, 0.29) is 6.10 Å². The SMILES string of the molecule is COc1ccc(CN(Cc2ccc(OC)cc2)c2nc(C)nc(-c3cc(CN4CCC(O)CC4)cnc3Nc3ccc(OC)nc3)n2)cc1. The fourth-order valence-electron chi connectivity index (χ4n) is 5.74. The normalized spacial score (nSPS) is 13.6. The number of aromatic nitrogens is 5. The van der Waals surface area contributed by atoms with Crippen LogP contribution in [0.15, 0.2) is 79.1 Å². The Morgan fingerprint density at radius 1 is 0.776 bits per heavy atom. The highest BCUT2D eigenvalue weighted by molar-refractivity contribution is 5.75. The number of nitrogens with one attached hydrogen (secondary N) is 1. The first-order valence-electron chi connectivity index (χ1n) is 16.3. The van der Waals surface area contributed by atoms with Crippen molar-refractivity contribution in [1.82, 2.24) is 29.8 Å². The second kappa shape index (κ2) is 15.7. The highest BCUT2D eigenvalue weighted by Crippen LogP contribution is 2.30. The minimum atomic E-state index is -0.236. The van der Waals surface area contributed by atoms with Gasteiger partial charge in [0.15, 0.2) is 5.82 Å². The number of aliphatic hydroxyl groups is 1. The van der Waals surface area contributed by atoms with E-state index in [0.717, 1.165) is 65.4 Å². The van der Waals surface area contributed by atoms with Gasteiger partial charge in [-0.3, -0.25) is 4.90 Å². The average Bonchev–Trinajstić information content (AvgIpc) is 3.13. The minimum Gasteiger partial charge on any atom is -0.497 e. The molecule has 1 aliphatic rings. The van der Waals surface area contributed by atoms with Gasteiger partial charge in [-0.15, -0.1) is 0 Å². The third-order valence-corrected chi connectivity index (χ3v) is 8.44. The maximum absolute atomic E-state index is 10.0. The van der Waals surface area contributed by atoms with E-state index < -0.39 is 0 Å². The number of benzene rings is 2. The lowest BCUT2D eigenvalue weighted by Crippen LogP contribution is -2.35. The van der Waals surface area contributed by atoms with Crippen molar-refractivity contribution in [2.45, 2.75) is 45.5 Å². The van der Waals surface area contributed by atoms with Gasteiger partial charge in [0.2, 0.25) is 11.8 Å². The number of pyridine rings is 2. The number of aryl methyl sites for hydroxylation is 1. The fourth-order valence-corrected chi connectivity index (χ4v) is 5.74. The van der Waals surface area contributed by atoms with Crippen molar-refractivity contribution in [2.75, 3.05) is 44.6 Å². The van der Waals surface area contributed by atoms with Crippen LogP contribution in [-0.4, -0.2) is 75.4 Å². The molecule has 0 atom stereocenters. The molecule has 49 heavy (non-hydrogen) atoms. The predicted molar refractivity (Wildman–Crippen MR) is 188 cm³/mol. The zero-order valence-corrected chi connectivity index (χ0v) is 28.3. The molecule has 1 saturated heterocycles. The molecular formula is C37H42N8O4. The van der Waals surface area contributed by atoms with Gasteiger partial charge >= 0.3 is 0 Å². The average molecular weight is 663 g/mol. The zero-order chi connectivity index (χ0) is 34.2. The summed E-state index contributed by atoms with van der Waals surface area (Å²) >= 11 is 0. The number of nitrogens with zero attached hydrogens (tertiary/aromatic N) is 7. The minimum absolute atomic E-state index is 0.236. The van der Waals surface area contributed by atoms with Gasteiger partial charge in [0.1, 0.15) is 23.1 Å². The van der Waals surface area contributed by atoms with Crippen LogP contribution in [0.1, 0.15) is 35.4 Å². The number of piperidine rings is 1. The van der Waals surface area contributed by atoms with Crippen molar-refractivity contribution >= 4 is 17.5 Å².